The van der Waals surface area contributed by atoms with E-state index in [1.165, 1.54) is 0 Å². The minimum atomic E-state index is -1.08. The number of benzene rings is 1. The molecule has 1 saturated carbocycles. The minimum absolute atomic E-state index is 0.0383. The van der Waals surface area contributed by atoms with Crippen LogP contribution in [0.3, 0.4) is 0 Å². The largest absolute Gasteiger partial charge is 0.381 e. The van der Waals surface area contributed by atoms with E-state index in [0.717, 1.165) is 11.8 Å². The molecule has 10 heteroatoms. The number of carbonyl (C=O) groups excluding carboxylic acids is 1. The molecule has 176 valence electrons. The average molecular weight is 486 g/mol. The highest BCUT2D eigenvalue weighted by molar-refractivity contribution is 6.35. The van der Waals surface area contributed by atoms with Crippen LogP contribution in [0.25, 0.3) is 27.7 Å². The molecule has 1 saturated heterocycles. The molecule has 7 nitrogen and oxygen atoms in total. The molecule has 2 fully saturated rings. The van der Waals surface area contributed by atoms with Gasteiger partial charge in [0.2, 0.25) is 5.91 Å². The third kappa shape index (κ3) is 3.54. The first-order valence-corrected chi connectivity index (χ1v) is 11.6. The van der Waals surface area contributed by atoms with Crippen molar-refractivity contribution in [3.05, 3.63) is 47.1 Å². The summed E-state index contributed by atoms with van der Waals surface area (Å²) in [6.45, 7) is 3.39. The molecule has 1 aliphatic carbocycles. The summed E-state index contributed by atoms with van der Waals surface area (Å²) in [4.78, 5) is 16.4. The maximum Gasteiger partial charge on any atom is 0.231 e. The number of aromatic nitrogens is 4. The van der Waals surface area contributed by atoms with Gasteiger partial charge in [0.15, 0.2) is 5.82 Å². The number of carbonyl (C=O) groups is 1. The summed E-state index contributed by atoms with van der Waals surface area (Å²) < 4.78 is 35.8. The number of hydrogen-bond donors (Lipinski definition) is 2. The second-order valence-corrected chi connectivity index (χ2v) is 9.65. The molecule has 6 rings (SSSR count). The SMILES string of the molecule is CC(CC1COC1)c1c(F)c(Cl)c(-c2ccc3nc(NC(=O)[C@@H]4C[C@@H]4F)cn3c2)c2cn[nH]c12. The number of nitrogens with one attached hydrogen (secondary N) is 2. The van der Waals surface area contributed by atoms with Crippen LogP contribution < -0.4 is 5.32 Å². The molecule has 1 aliphatic heterocycles. The van der Waals surface area contributed by atoms with E-state index < -0.39 is 17.9 Å². The number of anilines is 1. The Morgan fingerprint density at radius 1 is 1.38 bits per heavy atom. The lowest BCUT2D eigenvalue weighted by Crippen LogP contribution is -2.28. The Bertz CT molecular complexity index is 1430. The number of imidazole rings is 1. The van der Waals surface area contributed by atoms with Gasteiger partial charge < -0.3 is 14.5 Å². The van der Waals surface area contributed by atoms with Gasteiger partial charge in [-0.2, -0.15) is 5.10 Å². The molecule has 3 aromatic heterocycles. The zero-order valence-electron chi connectivity index (χ0n) is 18.3. The molecular formula is C24H22ClF2N5O2. The number of ether oxygens (including phenoxy) is 1. The summed E-state index contributed by atoms with van der Waals surface area (Å²) in [6.07, 6.45) is 5.05. The van der Waals surface area contributed by atoms with Crippen LogP contribution in [-0.2, 0) is 9.53 Å². The normalized spacial score (nSPS) is 21.1. The Balaban J connectivity index is 1.38. The first kappa shape index (κ1) is 21.5. The fraction of sp³-hybridized carbons (Fsp3) is 0.375. The number of rotatable bonds is 6. The Kier molecular flexibility index (Phi) is 5.07. The van der Waals surface area contributed by atoms with Crippen LogP contribution in [0.1, 0.15) is 31.2 Å². The van der Waals surface area contributed by atoms with Crippen molar-refractivity contribution >= 4 is 39.9 Å². The first-order chi connectivity index (χ1) is 16.4. The summed E-state index contributed by atoms with van der Waals surface area (Å²) in [7, 11) is 0. The second kappa shape index (κ2) is 8.02. The third-order valence-electron chi connectivity index (χ3n) is 6.75. The van der Waals surface area contributed by atoms with Gasteiger partial charge in [-0.25, -0.2) is 13.8 Å². The zero-order valence-corrected chi connectivity index (χ0v) is 19.1. The molecule has 0 radical (unpaired) electrons. The molecule has 3 atom stereocenters. The first-order valence-electron chi connectivity index (χ1n) is 11.3. The van der Waals surface area contributed by atoms with E-state index in [9.17, 15) is 9.18 Å². The molecule has 1 unspecified atom stereocenters. The maximum absolute atomic E-state index is 15.6. The van der Waals surface area contributed by atoms with Gasteiger partial charge >= 0.3 is 0 Å². The Hall–Kier alpha value is -3.04. The number of H-pyrrole nitrogens is 1. The van der Waals surface area contributed by atoms with E-state index >= 15 is 4.39 Å². The van der Waals surface area contributed by atoms with Crippen LogP contribution in [0.5, 0.6) is 0 Å². The number of amides is 1. The molecule has 0 bridgehead atoms. The van der Waals surface area contributed by atoms with Gasteiger partial charge in [0, 0.05) is 34.2 Å². The van der Waals surface area contributed by atoms with Crippen LogP contribution >= 0.6 is 11.6 Å². The van der Waals surface area contributed by atoms with Gasteiger partial charge in [0.05, 0.1) is 42.1 Å². The van der Waals surface area contributed by atoms with Gasteiger partial charge in [-0.3, -0.25) is 9.89 Å². The molecule has 0 spiro atoms. The highest BCUT2D eigenvalue weighted by Crippen LogP contribution is 2.43. The van der Waals surface area contributed by atoms with Crippen LogP contribution in [0.4, 0.5) is 14.6 Å². The van der Waals surface area contributed by atoms with Crippen molar-refractivity contribution in [1.82, 2.24) is 19.6 Å². The highest BCUT2D eigenvalue weighted by Gasteiger charge is 2.43. The van der Waals surface area contributed by atoms with Crippen LogP contribution in [0.2, 0.25) is 5.02 Å². The van der Waals surface area contributed by atoms with E-state index in [1.807, 2.05) is 6.92 Å². The molecular weight excluding hydrogens is 464 g/mol. The number of pyridine rings is 1. The summed E-state index contributed by atoms with van der Waals surface area (Å²) >= 11 is 6.62. The second-order valence-electron chi connectivity index (χ2n) is 9.27. The molecule has 4 aromatic rings. The Labute approximate surface area is 198 Å². The van der Waals surface area contributed by atoms with E-state index in [2.05, 4.69) is 20.5 Å². The van der Waals surface area contributed by atoms with E-state index in [1.54, 1.807) is 35.1 Å². The number of aromatic amines is 1. The number of hydrogen-bond acceptors (Lipinski definition) is 4. The fourth-order valence-corrected chi connectivity index (χ4v) is 5.09. The lowest BCUT2D eigenvalue weighted by molar-refractivity contribution is -0.117. The summed E-state index contributed by atoms with van der Waals surface area (Å²) in [5.41, 5.74) is 2.96. The molecule has 34 heavy (non-hydrogen) atoms. The van der Waals surface area contributed by atoms with Gasteiger partial charge in [-0.1, -0.05) is 18.5 Å². The van der Waals surface area contributed by atoms with Crippen molar-refractivity contribution in [1.29, 1.82) is 0 Å². The number of nitrogens with zero attached hydrogens (tertiary/aromatic N) is 3. The number of alkyl halides is 1. The van der Waals surface area contributed by atoms with Gasteiger partial charge in [0.1, 0.15) is 17.6 Å². The minimum Gasteiger partial charge on any atom is -0.381 e. The summed E-state index contributed by atoms with van der Waals surface area (Å²) in [5.74, 6) is -0.740. The van der Waals surface area contributed by atoms with Crippen molar-refractivity contribution in [2.45, 2.75) is 31.9 Å². The monoisotopic (exact) mass is 485 g/mol. The Morgan fingerprint density at radius 2 is 2.18 bits per heavy atom. The predicted octanol–water partition coefficient (Wildman–Crippen LogP) is 5.11. The maximum atomic E-state index is 15.6. The van der Waals surface area contributed by atoms with Crippen molar-refractivity contribution in [2.24, 2.45) is 11.8 Å². The topological polar surface area (TPSA) is 84.3 Å². The molecule has 2 N–H and O–H groups in total. The van der Waals surface area contributed by atoms with Crippen LogP contribution in [0.15, 0.2) is 30.7 Å². The summed E-state index contributed by atoms with van der Waals surface area (Å²) in [5, 5.41) is 10.6. The van der Waals surface area contributed by atoms with Crippen molar-refractivity contribution in [3.8, 4) is 11.1 Å². The Morgan fingerprint density at radius 3 is 2.88 bits per heavy atom. The fourth-order valence-electron chi connectivity index (χ4n) is 4.77. The van der Waals surface area contributed by atoms with E-state index in [0.29, 0.717) is 52.8 Å². The lowest BCUT2D eigenvalue weighted by Gasteiger charge is -2.29. The van der Waals surface area contributed by atoms with Crippen molar-refractivity contribution in [3.63, 3.8) is 0 Å². The average Bonchev–Trinajstić information content (AvgIpc) is 3.15. The smallest absolute Gasteiger partial charge is 0.231 e. The van der Waals surface area contributed by atoms with E-state index in [-0.39, 0.29) is 23.3 Å². The highest BCUT2D eigenvalue weighted by atomic mass is 35.5. The van der Waals surface area contributed by atoms with Gasteiger partial charge in [0.25, 0.3) is 0 Å². The molecule has 1 aromatic carbocycles. The molecule has 2 aliphatic rings. The molecule has 4 heterocycles. The lowest BCUT2D eigenvalue weighted by atomic mass is 9.86. The van der Waals surface area contributed by atoms with Gasteiger partial charge in [-0.05, 0) is 30.9 Å². The van der Waals surface area contributed by atoms with Gasteiger partial charge in [-0.15, -0.1) is 0 Å². The van der Waals surface area contributed by atoms with Crippen LogP contribution in [-0.4, -0.2) is 44.9 Å². The van der Waals surface area contributed by atoms with Crippen LogP contribution in [0, 0.1) is 17.7 Å². The third-order valence-corrected chi connectivity index (χ3v) is 7.11. The summed E-state index contributed by atoms with van der Waals surface area (Å²) in [6, 6.07) is 3.56. The zero-order chi connectivity index (χ0) is 23.6. The van der Waals surface area contributed by atoms with E-state index in [4.69, 9.17) is 16.3 Å². The predicted molar refractivity (Wildman–Crippen MR) is 124 cm³/mol. The van der Waals surface area contributed by atoms with Crippen molar-refractivity contribution in [2.75, 3.05) is 18.5 Å². The van der Waals surface area contributed by atoms with Crippen molar-refractivity contribution < 1.29 is 18.3 Å². The number of halogens is 3. The molecule has 1 amide bonds. The standard InChI is InChI=1S/C24H22ClF2N5O2/c1-11(4-12-9-34-10-12)19-22(27)21(25)20(15-6-28-31-23(15)19)13-2-3-18-29-17(8-32(18)7-13)30-24(33)14-5-16(14)26/h2-3,6-8,11-12,14,16H,4-5,9-10H2,1H3,(H,28,31)(H,30,33)/t11?,14-,16+/m1/s1. The number of fused-ring (bicyclic) bond motifs is 2. The quantitative estimate of drug-likeness (QED) is 0.397.